The van der Waals surface area contributed by atoms with E-state index in [0.29, 0.717) is 16.5 Å². The van der Waals surface area contributed by atoms with E-state index in [1.807, 2.05) is 12.1 Å². The molecular weight excluding hydrogens is 303 g/mol. The van der Waals surface area contributed by atoms with Crippen LogP contribution < -0.4 is 5.32 Å². The van der Waals surface area contributed by atoms with Crippen molar-refractivity contribution in [2.75, 3.05) is 26.2 Å². The zero-order chi connectivity index (χ0) is 14.9. The van der Waals surface area contributed by atoms with Crippen LogP contribution in [0.1, 0.15) is 44.2 Å². The molecule has 21 heavy (non-hydrogen) atoms. The number of benzene rings is 1. The fraction of sp³-hybridized carbons (Fsp3) is 0.647. The van der Waals surface area contributed by atoms with E-state index in [1.165, 1.54) is 57.4 Å². The minimum Gasteiger partial charge on any atom is -0.316 e. The molecule has 3 rings (SSSR count). The number of likely N-dealkylation sites (tertiary alicyclic amines) is 1. The van der Waals surface area contributed by atoms with Crippen LogP contribution in [0.4, 0.5) is 0 Å². The monoisotopic (exact) mass is 326 g/mol. The molecule has 0 radical (unpaired) electrons. The maximum Gasteiger partial charge on any atom is 0.0468 e. The number of nitrogens with zero attached hydrogens (tertiary/aromatic N) is 1. The van der Waals surface area contributed by atoms with Crippen molar-refractivity contribution in [3.8, 4) is 0 Å². The Kier molecular flexibility index (Phi) is 4.80. The average molecular weight is 327 g/mol. The molecule has 1 aromatic carbocycles. The van der Waals surface area contributed by atoms with Gasteiger partial charge in [-0.2, -0.15) is 0 Å². The maximum absolute atomic E-state index is 6.40. The van der Waals surface area contributed by atoms with Crippen molar-refractivity contribution in [3.63, 3.8) is 0 Å². The molecule has 1 spiro atoms. The first-order valence-corrected chi connectivity index (χ1v) is 8.75. The Balaban J connectivity index is 1.76. The third kappa shape index (κ3) is 3.39. The summed E-state index contributed by atoms with van der Waals surface area (Å²) in [5.74, 6) is 0. The predicted octanol–water partition coefficient (Wildman–Crippen LogP) is 4.52. The summed E-state index contributed by atoms with van der Waals surface area (Å²) in [6.07, 6.45) is 5.32. The van der Waals surface area contributed by atoms with Crippen LogP contribution in [0.5, 0.6) is 0 Å². The third-order valence-corrected chi connectivity index (χ3v) is 5.77. The summed E-state index contributed by atoms with van der Waals surface area (Å²) >= 11 is 12.4. The summed E-state index contributed by atoms with van der Waals surface area (Å²) in [5, 5.41) is 5.09. The minimum absolute atomic E-state index is 0.355. The largest absolute Gasteiger partial charge is 0.316 e. The summed E-state index contributed by atoms with van der Waals surface area (Å²) in [7, 11) is 0. The normalized spacial score (nSPS) is 28.7. The Morgan fingerprint density at radius 2 is 2.05 bits per heavy atom. The lowest BCUT2D eigenvalue weighted by molar-refractivity contribution is 0.0416. The summed E-state index contributed by atoms with van der Waals surface area (Å²) in [4.78, 5) is 2.60. The Morgan fingerprint density at radius 1 is 1.24 bits per heavy atom. The molecule has 116 valence electrons. The van der Waals surface area contributed by atoms with Gasteiger partial charge in [0.2, 0.25) is 0 Å². The molecule has 2 unspecified atom stereocenters. The van der Waals surface area contributed by atoms with Gasteiger partial charge in [0.1, 0.15) is 0 Å². The Bertz CT molecular complexity index is 492. The van der Waals surface area contributed by atoms with E-state index in [-0.39, 0.29) is 0 Å². The molecule has 1 aromatic rings. The van der Waals surface area contributed by atoms with Crippen LogP contribution in [0.15, 0.2) is 18.2 Å². The van der Waals surface area contributed by atoms with Crippen molar-refractivity contribution in [2.24, 2.45) is 5.41 Å². The molecule has 2 aliphatic heterocycles. The number of nitrogens with one attached hydrogen (secondary N) is 1. The van der Waals surface area contributed by atoms with Gasteiger partial charge in [-0.25, -0.2) is 0 Å². The van der Waals surface area contributed by atoms with E-state index in [0.717, 1.165) is 5.02 Å². The van der Waals surface area contributed by atoms with Gasteiger partial charge in [-0.05, 0) is 68.8 Å². The molecule has 2 saturated heterocycles. The fourth-order valence-corrected chi connectivity index (χ4v) is 4.56. The molecule has 0 amide bonds. The molecule has 4 heteroatoms. The predicted molar refractivity (Wildman–Crippen MR) is 90.2 cm³/mol. The molecular formula is C17H24Cl2N2. The minimum atomic E-state index is 0.355. The lowest BCUT2D eigenvalue weighted by atomic mass is 9.74. The van der Waals surface area contributed by atoms with Crippen molar-refractivity contribution >= 4 is 23.2 Å². The van der Waals surface area contributed by atoms with Crippen LogP contribution in [-0.2, 0) is 0 Å². The summed E-state index contributed by atoms with van der Waals surface area (Å²) < 4.78 is 0. The number of piperidine rings is 2. The zero-order valence-electron chi connectivity index (χ0n) is 12.7. The molecule has 2 heterocycles. The van der Waals surface area contributed by atoms with Crippen LogP contribution in [0.3, 0.4) is 0 Å². The van der Waals surface area contributed by atoms with E-state index >= 15 is 0 Å². The van der Waals surface area contributed by atoms with Crippen molar-refractivity contribution in [3.05, 3.63) is 33.8 Å². The highest BCUT2D eigenvalue weighted by molar-refractivity contribution is 6.35. The highest BCUT2D eigenvalue weighted by Gasteiger charge is 2.38. The maximum atomic E-state index is 6.40. The standard InChI is InChI=1S/C17H24Cl2N2/c1-13(15-5-4-14(18)10-16(15)19)21-9-3-7-17(12-21)6-2-8-20-11-17/h4-5,10,13,20H,2-3,6-9,11-12H2,1H3. The molecule has 1 N–H and O–H groups in total. The molecule has 0 aliphatic carbocycles. The highest BCUT2D eigenvalue weighted by atomic mass is 35.5. The summed E-state index contributed by atoms with van der Waals surface area (Å²) in [6.45, 7) is 6.97. The van der Waals surface area contributed by atoms with Gasteiger partial charge >= 0.3 is 0 Å². The zero-order valence-corrected chi connectivity index (χ0v) is 14.2. The van der Waals surface area contributed by atoms with E-state index in [2.05, 4.69) is 23.2 Å². The molecule has 0 saturated carbocycles. The van der Waals surface area contributed by atoms with Gasteiger partial charge in [0.05, 0.1) is 0 Å². The number of hydrogen-bond donors (Lipinski definition) is 1. The SMILES string of the molecule is CC(c1ccc(Cl)cc1Cl)N1CCCC2(CCCNC2)C1. The first-order chi connectivity index (χ1) is 10.1. The van der Waals surface area contributed by atoms with Gasteiger partial charge in [-0.3, -0.25) is 4.90 Å². The van der Waals surface area contributed by atoms with Crippen molar-refractivity contribution < 1.29 is 0 Å². The van der Waals surface area contributed by atoms with Crippen LogP contribution in [0.2, 0.25) is 10.0 Å². The highest BCUT2D eigenvalue weighted by Crippen LogP contribution is 2.40. The van der Waals surface area contributed by atoms with Gasteiger partial charge in [-0.1, -0.05) is 29.3 Å². The Morgan fingerprint density at radius 3 is 2.76 bits per heavy atom. The molecule has 2 fully saturated rings. The van der Waals surface area contributed by atoms with Crippen molar-refractivity contribution in [1.82, 2.24) is 10.2 Å². The van der Waals surface area contributed by atoms with E-state index < -0.39 is 0 Å². The van der Waals surface area contributed by atoms with Crippen molar-refractivity contribution in [1.29, 1.82) is 0 Å². The molecule has 2 atom stereocenters. The number of rotatable bonds is 2. The number of hydrogen-bond acceptors (Lipinski definition) is 2. The molecule has 2 nitrogen and oxygen atoms in total. The van der Waals surface area contributed by atoms with Gasteiger partial charge in [0.15, 0.2) is 0 Å². The van der Waals surface area contributed by atoms with Crippen molar-refractivity contribution in [2.45, 2.75) is 38.6 Å². The van der Waals surface area contributed by atoms with E-state index in [4.69, 9.17) is 23.2 Å². The third-order valence-electron chi connectivity index (χ3n) is 5.21. The van der Waals surface area contributed by atoms with Crippen LogP contribution in [0, 0.1) is 5.41 Å². The van der Waals surface area contributed by atoms with Gasteiger partial charge in [0, 0.05) is 29.2 Å². The van der Waals surface area contributed by atoms with E-state index in [9.17, 15) is 0 Å². The fourth-order valence-electron chi connectivity index (χ4n) is 3.99. The Hall–Kier alpha value is -0.280. The smallest absolute Gasteiger partial charge is 0.0468 e. The van der Waals surface area contributed by atoms with Crippen LogP contribution >= 0.6 is 23.2 Å². The molecule has 0 aromatic heterocycles. The molecule has 2 aliphatic rings. The van der Waals surface area contributed by atoms with Gasteiger partial charge in [0.25, 0.3) is 0 Å². The molecule has 0 bridgehead atoms. The second-order valence-electron chi connectivity index (χ2n) is 6.70. The topological polar surface area (TPSA) is 15.3 Å². The quantitative estimate of drug-likeness (QED) is 0.859. The second-order valence-corrected chi connectivity index (χ2v) is 7.54. The van der Waals surface area contributed by atoms with Gasteiger partial charge < -0.3 is 5.32 Å². The number of halogens is 2. The van der Waals surface area contributed by atoms with Gasteiger partial charge in [-0.15, -0.1) is 0 Å². The second kappa shape index (κ2) is 6.45. The Labute approximate surface area is 137 Å². The lowest BCUT2D eigenvalue weighted by Gasteiger charge is -2.47. The van der Waals surface area contributed by atoms with E-state index in [1.54, 1.807) is 0 Å². The summed E-state index contributed by atoms with van der Waals surface area (Å²) in [5.41, 5.74) is 1.67. The lowest BCUT2D eigenvalue weighted by Crippen LogP contribution is -2.51. The van der Waals surface area contributed by atoms with Crippen LogP contribution in [0.25, 0.3) is 0 Å². The average Bonchev–Trinajstić information content (AvgIpc) is 2.47. The first kappa shape index (κ1) is 15.6. The summed E-state index contributed by atoms with van der Waals surface area (Å²) in [6, 6.07) is 6.24. The first-order valence-electron chi connectivity index (χ1n) is 7.99. The van der Waals surface area contributed by atoms with Crippen LogP contribution in [-0.4, -0.2) is 31.1 Å².